The van der Waals surface area contributed by atoms with Crippen molar-refractivity contribution in [3.8, 4) is 0 Å². The number of amides is 3. The summed E-state index contributed by atoms with van der Waals surface area (Å²) in [6.07, 6.45) is 6.17. The molecular formula is C36H53N3O4S. The first-order valence-corrected chi connectivity index (χ1v) is 16.9. The summed E-state index contributed by atoms with van der Waals surface area (Å²) >= 11 is 1.68. The molecule has 7 nitrogen and oxygen atoms in total. The lowest BCUT2D eigenvalue weighted by atomic mass is 9.66. The van der Waals surface area contributed by atoms with E-state index < -0.39 is 39.0 Å². The molecule has 0 aromatic heterocycles. The maximum absolute atomic E-state index is 15.0. The summed E-state index contributed by atoms with van der Waals surface area (Å²) in [5.41, 5.74) is 0.467. The molecule has 2 unspecified atom stereocenters. The lowest BCUT2D eigenvalue weighted by molar-refractivity contribution is -0.150. The van der Waals surface area contributed by atoms with Crippen LogP contribution < -0.4 is 0 Å². The number of benzene rings is 1. The molecule has 0 saturated carbocycles. The van der Waals surface area contributed by atoms with Gasteiger partial charge in [0.05, 0.1) is 29.2 Å². The maximum Gasteiger partial charge on any atom is 0.247 e. The third-order valence-electron chi connectivity index (χ3n) is 9.94. The van der Waals surface area contributed by atoms with Crippen LogP contribution in [0.5, 0.6) is 0 Å². The summed E-state index contributed by atoms with van der Waals surface area (Å²) in [5.74, 6) is -1.58. The van der Waals surface area contributed by atoms with E-state index in [0.717, 1.165) is 18.4 Å². The van der Waals surface area contributed by atoms with Crippen molar-refractivity contribution in [2.24, 2.45) is 17.3 Å². The molecule has 44 heavy (non-hydrogen) atoms. The van der Waals surface area contributed by atoms with E-state index in [1.807, 2.05) is 42.2 Å². The van der Waals surface area contributed by atoms with Crippen LogP contribution in [0.2, 0.25) is 0 Å². The normalized spacial score (nSPS) is 28.5. The minimum Gasteiger partial charge on any atom is -0.394 e. The van der Waals surface area contributed by atoms with Gasteiger partial charge in [0.2, 0.25) is 17.7 Å². The van der Waals surface area contributed by atoms with Crippen LogP contribution in [-0.2, 0) is 20.9 Å². The number of carbonyl (C=O) groups is 3. The van der Waals surface area contributed by atoms with Crippen molar-refractivity contribution < 1.29 is 19.5 Å². The van der Waals surface area contributed by atoms with Crippen molar-refractivity contribution in [3.63, 3.8) is 0 Å². The van der Waals surface area contributed by atoms with Crippen LogP contribution in [0.15, 0.2) is 55.6 Å². The minimum atomic E-state index is -0.775. The summed E-state index contributed by atoms with van der Waals surface area (Å²) in [7, 11) is 0. The van der Waals surface area contributed by atoms with Crippen molar-refractivity contribution in [2.45, 2.75) is 108 Å². The fraction of sp³-hybridized carbons (Fsp3) is 0.639. The van der Waals surface area contributed by atoms with E-state index >= 15 is 4.79 Å². The topological polar surface area (TPSA) is 81.2 Å². The third kappa shape index (κ3) is 6.01. The van der Waals surface area contributed by atoms with Gasteiger partial charge in [-0.1, -0.05) is 70.2 Å². The molecule has 6 atom stereocenters. The lowest BCUT2D eigenvalue weighted by Gasteiger charge is -2.46. The molecule has 3 saturated heterocycles. The molecule has 2 bridgehead atoms. The Bertz CT molecular complexity index is 1260. The van der Waals surface area contributed by atoms with Crippen LogP contribution in [0.3, 0.4) is 0 Å². The Morgan fingerprint density at radius 3 is 2.27 bits per heavy atom. The van der Waals surface area contributed by atoms with Gasteiger partial charge >= 0.3 is 0 Å². The predicted octanol–water partition coefficient (Wildman–Crippen LogP) is 5.68. The molecule has 1 aromatic carbocycles. The highest BCUT2D eigenvalue weighted by molar-refractivity contribution is 8.02. The molecule has 3 amide bonds. The van der Waals surface area contributed by atoms with Crippen LogP contribution in [0, 0.1) is 17.3 Å². The fourth-order valence-electron chi connectivity index (χ4n) is 8.52. The van der Waals surface area contributed by atoms with E-state index in [0.29, 0.717) is 32.5 Å². The summed E-state index contributed by atoms with van der Waals surface area (Å²) < 4.78 is -1.24. The van der Waals surface area contributed by atoms with Gasteiger partial charge in [-0.2, -0.15) is 0 Å². The van der Waals surface area contributed by atoms with E-state index in [4.69, 9.17) is 0 Å². The van der Waals surface area contributed by atoms with Crippen molar-refractivity contribution in [1.29, 1.82) is 0 Å². The number of nitrogens with zero attached hydrogens (tertiary/aromatic N) is 3. The molecule has 1 aromatic rings. The second-order valence-electron chi connectivity index (χ2n) is 15.0. The quantitative estimate of drug-likeness (QED) is 0.286. The number of likely N-dealkylation sites (tertiary alicyclic amines) is 1. The van der Waals surface area contributed by atoms with Crippen LogP contribution in [-0.4, -0.2) is 84.3 Å². The van der Waals surface area contributed by atoms with E-state index in [-0.39, 0.29) is 29.7 Å². The number of aliphatic hydroxyl groups excluding tert-OH is 1. The van der Waals surface area contributed by atoms with Gasteiger partial charge in [-0.05, 0) is 57.4 Å². The standard InChI is InChI=1S/C36H53N3O4S/c1-10-20-37(22-25-16-14-13-15-17-25)30(41)27-28-31(42)39(26(12-3)23-40)29(36(28)19-18-35(27,9)44-36)32(43)38(21-11-2)34(7,8)24-33(4,5)6/h10-11,13-17,26-29,40H,1-2,12,18-24H2,3-9H3/t26-,27+,28-,29?,35-,36?/m0/s1. The van der Waals surface area contributed by atoms with Crippen LogP contribution in [0.1, 0.15) is 79.7 Å². The molecule has 0 aliphatic carbocycles. The Labute approximate surface area is 269 Å². The van der Waals surface area contributed by atoms with Crippen molar-refractivity contribution in [1.82, 2.24) is 14.7 Å². The molecular weight excluding hydrogens is 570 g/mol. The monoisotopic (exact) mass is 623 g/mol. The first kappa shape index (κ1) is 34.3. The Morgan fingerprint density at radius 2 is 1.73 bits per heavy atom. The van der Waals surface area contributed by atoms with E-state index in [2.05, 4.69) is 54.7 Å². The zero-order valence-electron chi connectivity index (χ0n) is 27.8. The molecule has 4 rings (SSSR count). The first-order chi connectivity index (χ1) is 20.6. The van der Waals surface area contributed by atoms with Gasteiger partial charge in [-0.25, -0.2) is 0 Å². The van der Waals surface area contributed by atoms with Crippen LogP contribution >= 0.6 is 11.8 Å². The zero-order valence-corrected chi connectivity index (χ0v) is 28.7. The summed E-state index contributed by atoms with van der Waals surface area (Å²) in [6.45, 7) is 23.5. The molecule has 8 heteroatoms. The molecule has 1 spiro atoms. The first-order valence-electron chi connectivity index (χ1n) is 16.1. The summed E-state index contributed by atoms with van der Waals surface area (Å²) in [6, 6.07) is 8.58. The largest absolute Gasteiger partial charge is 0.394 e. The van der Waals surface area contributed by atoms with Crippen molar-refractivity contribution in [2.75, 3.05) is 19.7 Å². The lowest BCUT2D eigenvalue weighted by Crippen LogP contribution is -2.61. The molecule has 1 N–H and O–H groups in total. The van der Waals surface area contributed by atoms with Crippen molar-refractivity contribution >= 4 is 29.5 Å². The summed E-state index contributed by atoms with van der Waals surface area (Å²) in [5, 5.41) is 10.5. The molecule has 3 aliphatic heterocycles. The number of aliphatic hydroxyl groups is 1. The summed E-state index contributed by atoms with van der Waals surface area (Å²) in [4.78, 5) is 49.7. The average Bonchev–Trinajstić information content (AvgIpc) is 3.51. The van der Waals surface area contributed by atoms with Crippen molar-refractivity contribution in [3.05, 3.63) is 61.2 Å². The number of fused-ring (bicyclic) bond motifs is 1. The highest BCUT2D eigenvalue weighted by Crippen LogP contribution is 2.72. The van der Waals surface area contributed by atoms with Gasteiger partial charge in [0.15, 0.2) is 0 Å². The second-order valence-corrected chi connectivity index (χ2v) is 16.9. The third-order valence-corrected chi connectivity index (χ3v) is 11.9. The number of carbonyl (C=O) groups excluding carboxylic acids is 3. The van der Waals surface area contributed by atoms with E-state index in [9.17, 15) is 14.7 Å². The van der Waals surface area contributed by atoms with E-state index in [1.54, 1.807) is 33.7 Å². The minimum absolute atomic E-state index is 0.0365. The maximum atomic E-state index is 15.0. The second kappa shape index (κ2) is 12.7. The Morgan fingerprint density at radius 1 is 1.09 bits per heavy atom. The van der Waals surface area contributed by atoms with Gasteiger partial charge in [0, 0.05) is 29.9 Å². The Kier molecular flexibility index (Phi) is 9.87. The number of hydrogen-bond acceptors (Lipinski definition) is 5. The molecule has 3 fully saturated rings. The number of hydrogen-bond donors (Lipinski definition) is 1. The van der Waals surface area contributed by atoms with Gasteiger partial charge in [0.1, 0.15) is 6.04 Å². The Balaban J connectivity index is 1.81. The molecule has 3 heterocycles. The number of rotatable bonds is 13. The van der Waals surface area contributed by atoms with Gasteiger partial charge in [0.25, 0.3) is 0 Å². The van der Waals surface area contributed by atoms with E-state index in [1.165, 1.54) is 0 Å². The fourth-order valence-corrected chi connectivity index (χ4v) is 10.9. The molecule has 3 aliphatic rings. The van der Waals surface area contributed by atoms with Gasteiger partial charge in [-0.15, -0.1) is 24.9 Å². The highest BCUT2D eigenvalue weighted by Gasteiger charge is 2.78. The smallest absolute Gasteiger partial charge is 0.247 e. The highest BCUT2D eigenvalue weighted by atomic mass is 32.2. The molecule has 0 radical (unpaired) electrons. The molecule has 242 valence electrons. The number of thioether (sulfide) groups is 1. The zero-order chi connectivity index (χ0) is 32.7. The van der Waals surface area contributed by atoms with Gasteiger partial charge in [-0.3, -0.25) is 14.4 Å². The van der Waals surface area contributed by atoms with Gasteiger partial charge < -0.3 is 19.8 Å². The SMILES string of the molecule is C=CCN(Cc1ccccc1)C(=O)[C@H]1[C@H]2C(=O)N([C@@H](CC)CO)C(C(=O)N(CC=C)C(C)(C)CC(C)(C)C)C23CC[C@]1(C)S3. The predicted molar refractivity (Wildman–Crippen MR) is 179 cm³/mol. The Hall–Kier alpha value is -2.58. The average molecular weight is 624 g/mol. The van der Waals surface area contributed by atoms with Crippen LogP contribution in [0.25, 0.3) is 0 Å². The van der Waals surface area contributed by atoms with Crippen LogP contribution in [0.4, 0.5) is 0 Å².